The topological polar surface area (TPSA) is 163 Å². The van der Waals surface area contributed by atoms with Crippen LogP contribution in [0.4, 0.5) is 0 Å². The van der Waals surface area contributed by atoms with Crippen molar-refractivity contribution in [2.24, 2.45) is 0 Å². The highest BCUT2D eigenvalue weighted by Crippen LogP contribution is 2.29. The molecule has 4 rings (SSSR count). The number of aliphatic hydroxyl groups excluding tert-OH is 4. The smallest absolute Gasteiger partial charge is 0.338 e. The van der Waals surface area contributed by atoms with Crippen LogP contribution in [0.3, 0.4) is 0 Å². The van der Waals surface area contributed by atoms with Crippen LogP contribution in [0.15, 0.2) is 84.9 Å². The number of aliphatic hydroxyl groups is 4. The van der Waals surface area contributed by atoms with Crippen molar-refractivity contribution in [2.75, 3.05) is 52.9 Å². The van der Waals surface area contributed by atoms with Crippen LogP contribution in [0.5, 0.6) is 34.5 Å². The molecule has 280 valence electrons. The van der Waals surface area contributed by atoms with Crippen LogP contribution in [0.1, 0.15) is 52.7 Å². The lowest BCUT2D eigenvalue weighted by Gasteiger charge is -2.16. The summed E-state index contributed by atoms with van der Waals surface area (Å²) in [7, 11) is 0. The van der Waals surface area contributed by atoms with Gasteiger partial charge in [-0.1, -0.05) is 18.2 Å². The van der Waals surface area contributed by atoms with Gasteiger partial charge in [0.1, 0.15) is 54.3 Å². The number of hydrogen-bond donors (Lipinski definition) is 4. The second-order valence-electron chi connectivity index (χ2n) is 11.7. The Morgan fingerprint density at radius 3 is 1.10 bits per heavy atom. The summed E-state index contributed by atoms with van der Waals surface area (Å²) in [6.07, 6.45) is 1.91. The lowest BCUT2D eigenvalue weighted by Crippen LogP contribution is -2.06. The number of ether oxygens (including phenoxy) is 7. The van der Waals surface area contributed by atoms with E-state index in [1.165, 1.54) is 0 Å². The molecule has 0 atom stereocenters. The van der Waals surface area contributed by atoms with Crippen LogP contribution in [0.25, 0.3) is 0 Å². The zero-order valence-corrected chi connectivity index (χ0v) is 29.2. The molecule has 0 radical (unpaired) electrons. The molecule has 0 aliphatic rings. The Kier molecular flexibility index (Phi) is 17.4. The van der Waals surface area contributed by atoms with E-state index in [2.05, 4.69) is 0 Å². The summed E-state index contributed by atoms with van der Waals surface area (Å²) < 4.78 is 41.3. The fourth-order valence-electron chi connectivity index (χ4n) is 4.80. The zero-order chi connectivity index (χ0) is 36.8. The molecule has 0 spiro atoms. The number of carbonyl (C=O) groups is 1. The highest BCUT2D eigenvalue weighted by Gasteiger charge is 2.12. The van der Waals surface area contributed by atoms with E-state index in [1.54, 1.807) is 54.6 Å². The average molecular weight is 721 g/mol. The summed E-state index contributed by atoms with van der Waals surface area (Å²) in [5.41, 5.74) is 2.59. The van der Waals surface area contributed by atoms with Gasteiger partial charge in [0.25, 0.3) is 0 Å². The maximum atomic E-state index is 12.7. The zero-order valence-electron chi connectivity index (χ0n) is 29.2. The third kappa shape index (κ3) is 14.3. The summed E-state index contributed by atoms with van der Waals surface area (Å²) in [4.78, 5) is 12.7. The van der Waals surface area contributed by atoms with Gasteiger partial charge in [0.2, 0.25) is 0 Å². The van der Waals surface area contributed by atoms with Gasteiger partial charge in [-0.05, 0) is 65.2 Å². The van der Waals surface area contributed by atoms with E-state index in [1.807, 2.05) is 30.3 Å². The molecule has 0 aromatic heterocycles. The summed E-state index contributed by atoms with van der Waals surface area (Å²) in [6, 6.07) is 24.8. The molecule has 0 saturated heterocycles. The predicted octanol–water partition coefficient (Wildman–Crippen LogP) is 5.25. The normalized spacial score (nSPS) is 10.8. The van der Waals surface area contributed by atoms with Crippen LogP contribution in [-0.4, -0.2) is 79.3 Å². The minimum Gasteiger partial charge on any atom is -0.493 e. The van der Waals surface area contributed by atoms with Crippen LogP contribution in [0.2, 0.25) is 0 Å². The Hall–Kier alpha value is -5.01. The number of hydrogen-bond acceptors (Lipinski definition) is 12. The van der Waals surface area contributed by atoms with E-state index in [9.17, 15) is 25.2 Å². The van der Waals surface area contributed by atoms with Gasteiger partial charge in [-0.15, -0.1) is 0 Å². The molecule has 0 bridgehead atoms. The van der Waals surface area contributed by atoms with Crippen LogP contribution in [-0.2, 0) is 24.6 Å². The lowest BCUT2D eigenvalue weighted by molar-refractivity contribution is 0.0472. The van der Waals surface area contributed by atoms with Gasteiger partial charge in [0.15, 0.2) is 0 Å². The number of benzene rings is 4. The summed E-state index contributed by atoms with van der Waals surface area (Å²) in [6.45, 7) is 1.59. The number of esters is 1. The molecule has 0 fully saturated rings. The van der Waals surface area contributed by atoms with Gasteiger partial charge in [0, 0.05) is 70.3 Å². The highest BCUT2D eigenvalue weighted by atomic mass is 16.5. The first-order chi connectivity index (χ1) is 25.5. The van der Waals surface area contributed by atoms with Gasteiger partial charge >= 0.3 is 5.97 Å². The van der Waals surface area contributed by atoms with Crippen LogP contribution >= 0.6 is 0 Å². The van der Waals surface area contributed by atoms with Crippen molar-refractivity contribution in [1.82, 2.24) is 0 Å². The Morgan fingerprint density at radius 2 is 0.750 bits per heavy atom. The first-order valence-electron chi connectivity index (χ1n) is 17.3. The standard InChI is InChI=1S/C40H48O12/c41-10-4-14-46-34-18-30(19-35(24-34)47-15-5-11-42)27-50-38-22-32(29-52-40(45)33-8-2-1-3-9-33)23-39(26-38)51-28-31-20-36(48-16-6-12-43)25-37(21-31)49-17-7-13-44/h1-3,8-9,18-26,41-44H,4-7,10-17,27-29H2. The molecule has 0 amide bonds. The Bertz CT molecular complexity index is 1480. The molecule has 4 aromatic carbocycles. The van der Waals surface area contributed by atoms with E-state index in [0.717, 1.165) is 11.1 Å². The van der Waals surface area contributed by atoms with Crippen LogP contribution in [0, 0.1) is 0 Å². The van der Waals surface area contributed by atoms with Gasteiger partial charge in [0.05, 0.1) is 32.0 Å². The fourth-order valence-corrected chi connectivity index (χ4v) is 4.80. The molecule has 52 heavy (non-hydrogen) atoms. The maximum Gasteiger partial charge on any atom is 0.338 e. The molecule has 4 N–H and O–H groups in total. The fraction of sp³-hybridized carbons (Fsp3) is 0.375. The largest absolute Gasteiger partial charge is 0.493 e. The molecule has 0 saturated carbocycles. The molecule has 0 unspecified atom stereocenters. The Balaban J connectivity index is 1.54. The van der Waals surface area contributed by atoms with E-state index in [4.69, 9.17) is 33.2 Å². The first kappa shape index (κ1) is 39.8. The van der Waals surface area contributed by atoms with Gasteiger partial charge in [-0.25, -0.2) is 4.79 Å². The minimum atomic E-state index is -0.465. The van der Waals surface area contributed by atoms with Crippen molar-refractivity contribution in [2.45, 2.75) is 45.5 Å². The van der Waals surface area contributed by atoms with E-state index >= 15 is 0 Å². The predicted molar refractivity (Wildman–Crippen MR) is 192 cm³/mol. The molecule has 12 nitrogen and oxygen atoms in total. The summed E-state index contributed by atoms with van der Waals surface area (Å²) in [5, 5.41) is 36.7. The third-order valence-electron chi connectivity index (χ3n) is 7.29. The van der Waals surface area contributed by atoms with Gasteiger partial charge in [-0.3, -0.25) is 0 Å². The summed E-state index contributed by atoms with van der Waals surface area (Å²) in [5.74, 6) is 2.69. The van der Waals surface area contributed by atoms with E-state index < -0.39 is 5.97 Å². The summed E-state index contributed by atoms with van der Waals surface area (Å²) >= 11 is 0. The molecule has 0 heterocycles. The SMILES string of the molecule is O=C(OCc1cc(OCc2cc(OCCCO)cc(OCCCO)c2)cc(OCc2cc(OCCCO)cc(OCCCO)c2)c1)c1ccccc1. The Morgan fingerprint density at radius 1 is 0.423 bits per heavy atom. The molecule has 0 aliphatic heterocycles. The minimum absolute atomic E-state index is 0.00741. The second kappa shape index (κ2) is 22.7. The lowest BCUT2D eigenvalue weighted by atomic mass is 10.2. The van der Waals surface area contributed by atoms with Crippen molar-refractivity contribution >= 4 is 5.97 Å². The van der Waals surface area contributed by atoms with Gasteiger partial charge < -0.3 is 53.6 Å². The maximum absolute atomic E-state index is 12.7. The van der Waals surface area contributed by atoms with Crippen molar-refractivity contribution in [3.8, 4) is 34.5 Å². The number of carbonyl (C=O) groups excluding carboxylic acids is 1. The Labute approximate surface area is 304 Å². The van der Waals surface area contributed by atoms with E-state index in [0.29, 0.717) is 97.7 Å². The van der Waals surface area contributed by atoms with Crippen molar-refractivity contribution in [3.63, 3.8) is 0 Å². The third-order valence-corrected chi connectivity index (χ3v) is 7.29. The van der Waals surface area contributed by atoms with Gasteiger partial charge in [-0.2, -0.15) is 0 Å². The van der Waals surface area contributed by atoms with Crippen molar-refractivity contribution < 1.29 is 58.4 Å². The van der Waals surface area contributed by atoms with E-state index in [-0.39, 0.29) is 46.2 Å². The molecule has 4 aromatic rings. The molecule has 0 aliphatic carbocycles. The van der Waals surface area contributed by atoms with Crippen molar-refractivity contribution in [3.05, 3.63) is 107 Å². The number of rotatable bonds is 25. The molecule has 12 heteroatoms. The quantitative estimate of drug-likeness (QED) is 0.0521. The average Bonchev–Trinajstić information content (AvgIpc) is 3.16. The first-order valence-corrected chi connectivity index (χ1v) is 17.3. The highest BCUT2D eigenvalue weighted by molar-refractivity contribution is 5.89. The van der Waals surface area contributed by atoms with Crippen LogP contribution < -0.4 is 28.4 Å². The second-order valence-corrected chi connectivity index (χ2v) is 11.7. The molecular weight excluding hydrogens is 672 g/mol. The van der Waals surface area contributed by atoms with Crippen molar-refractivity contribution in [1.29, 1.82) is 0 Å². The monoisotopic (exact) mass is 720 g/mol. The molecular formula is C40H48O12.